The smallest absolute Gasteiger partial charge is 0.271 e. The number of amides is 2. The lowest BCUT2D eigenvalue weighted by Crippen LogP contribution is -2.26. The molecular weight excluding hydrogens is 406 g/mol. The standard InChI is InChI=1S/C20H21N5O4S/c1-12-4-10-16(11-5-12)30(28,29)25(3)15-8-6-14(7-9-15)20(27)22-17-13(2)23-24-18(17)19(21)26/h4-11H,1-3H3,(H2,21,26)(H,22,27)(H,23,24). The van der Waals surface area contributed by atoms with E-state index in [1.54, 1.807) is 31.2 Å². The van der Waals surface area contributed by atoms with Crippen LogP contribution in [0, 0.1) is 13.8 Å². The third-order valence-electron chi connectivity index (χ3n) is 4.59. The number of hydrogen-bond donors (Lipinski definition) is 3. The third-order valence-corrected chi connectivity index (χ3v) is 6.39. The number of aromatic amines is 1. The Labute approximate surface area is 174 Å². The molecule has 0 saturated carbocycles. The molecule has 1 aromatic heterocycles. The van der Waals surface area contributed by atoms with E-state index in [2.05, 4.69) is 15.5 Å². The van der Waals surface area contributed by atoms with Crippen LogP contribution in [0.25, 0.3) is 0 Å². The number of nitrogens with one attached hydrogen (secondary N) is 2. The average molecular weight is 427 g/mol. The number of carbonyl (C=O) groups is 2. The second-order valence-electron chi connectivity index (χ2n) is 6.72. The van der Waals surface area contributed by atoms with E-state index in [1.165, 1.54) is 31.3 Å². The molecule has 0 saturated heterocycles. The fourth-order valence-electron chi connectivity index (χ4n) is 2.78. The largest absolute Gasteiger partial charge is 0.364 e. The highest BCUT2D eigenvalue weighted by molar-refractivity contribution is 7.92. The number of primary amides is 1. The molecule has 0 atom stereocenters. The first-order valence-corrected chi connectivity index (χ1v) is 10.4. The van der Waals surface area contributed by atoms with Crippen LogP contribution in [0.1, 0.15) is 32.1 Å². The number of aryl methyl sites for hydroxylation is 2. The molecule has 1 heterocycles. The Kier molecular flexibility index (Phi) is 5.61. The SMILES string of the molecule is Cc1ccc(S(=O)(=O)N(C)c2ccc(C(=O)Nc3c(C(N)=O)n[nH]c3C)cc2)cc1. The van der Waals surface area contributed by atoms with Gasteiger partial charge >= 0.3 is 0 Å². The van der Waals surface area contributed by atoms with Crippen LogP contribution < -0.4 is 15.4 Å². The van der Waals surface area contributed by atoms with Gasteiger partial charge in [0.05, 0.1) is 22.0 Å². The maximum atomic E-state index is 12.8. The van der Waals surface area contributed by atoms with Gasteiger partial charge in [-0.15, -0.1) is 0 Å². The van der Waals surface area contributed by atoms with Gasteiger partial charge in [0.1, 0.15) is 0 Å². The number of nitrogens with two attached hydrogens (primary N) is 1. The lowest BCUT2D eigenvalue weighted by atomic mass is 10.2. The van der Waals surface area contributed by atoms with E-state index >= 15 is 0 Å². The number of H-pyrrole nitrogens is 1. The van der Waals surface area contributed by atoms with E-state index in [-0.39, 0.29) is 21.8 Å². The molecule has 4 N–H and O–H groups in total. The van der Waals surface area contributed by atoms with Crippen molar-refractivity contribution < 1.29 is 18.0 Å². The summed E-state index contributed by atoms with van der Waals surface area (Å²) in [5, 5.41) is 8.97. The lowest BCUT2D eigenvalue weighted by Gasteiger charge is -2.20. The molecule has 0 radical (unpaired) electrons. The van der Waals surface area contributed by atoms with Gasteiger partial charge in [0.25, 0.3) is 21.8 Å². The summed E-state index contributed by atoms with van der Waals surface area (Å²) in [5.41, 5.74) is 7.50. The summed E-state index contributed by atoms with van der Waals surface area (Å²) in [6, 6.07) is 12.6. The molecule has 0 bridgehead atoms. The topological polar surface area (TPSA) is 138 Å². The Hall–Kier alpha value is -3.66. The Morgan fingerprint density at radius 3 is 2.20 bits per heavy atom. The molecule has 2 amide bonds. The Bertz CT molecular complexity index is 1200. The third kappa shape index (κ3) is 4.03. The van der Waals surface area contributed by atoms with E-state index in [1.807, 2.05) is 6.92 Å². The van der Waals surface area contributed by atoms with Gasteiger partial charge in [0.15, 0.2) is 5.69 Å². The van der Waals surface area contributed by atoms with Gasteiger partial charge in [-0.05, 0) is 50.2 Å². The molecule has 9 nitrogen and oxygen atoms in total. The molecule has 3 rings (SSSR count). The number of benzene rings is 2. The fraction of sp³-hybridized carbons (Fsp3) is 0.150. The number of aromatic nitrogens is 2. The molecule has 0 spiro atoms. The maximum absolute atomic E-state index is 12.8. The summed E-state index contributed by atoms with van der Waals surface area (Å²) >= 11 is 0. The second-order valence-corrected chi connectivity index (χ2v) is 8.69. The van der Waals surface area contributed by atoms with Crippen LogP contribution in [-0.2, 0) is 10.0 Å². The second kappa shape index (κ2) is 7.99. The van der Waals surface area contributed by atoms with Crippen molar-refractivity contribution in [3.63, 3.8) is 0 Å². The quantitative estimate of drug-likeness (QED) is 0.554. The zero-order valence-electron chi connectivity index (χ0n) is 16.6. The molecular formula is C20H21N5O4S. The minimum absolute atomic E-state index is 0.0682. The lowest BCUT2D eigenvalue weighted by molar-refractivity contribution is 0.0996. The highest BCUT2D eigenvalue weighted by atomic mass is 32.2. The first kappa shape index (κ1) is 21.1. The molecule has 0 aliphatic heterocycles. The highest BCUT2D eigenvalue weighted by Gasteiger charge is 2.22. The van der Waals surface area contributed by atoms with Crippen molar-refractivity contribution in [3.05, 3.63) is 71.0 Å². The van der Waals surface area contributed by atoms with Crippen molar-refractivity contribution in [3.8, 4) is 0 Å². The van der Waals surface area contributed by atoms with Gasteiger partial charge in [-0.3, -0.25) is 19.0 Å². The first-order valence-electron chi connectivity index (χ1n) is 8.93. The summed E-state index contributed by atoms with van der Waals surface area (Å²) in [6.45, 7) is 3.52. The summed E-state index contributed by atoms with van der Waals surface area (Å²) in [4.78, 5) is 24.1. The van der Waals surface area contributed by atoms with E-state index in [0.29, 0.717) is 11.4 Å². The Balaban J connectivity index is 1.81. The van der Waals surface area contributed by atoms with Crippen molar-refractivity contribution >= 4 is 33.2 Å². The van der Waals surface area contributed by atoms with Crippen LogP contribution in [-0.4, -0.2) is 37.5 Å². The summed E-state index contributed by atoms with van der Waals surface area (Å²) in [7, 11) is -2.29. The van der Waals surface area contributed by atoms with Crippen molar-refractivity contribution in [2.75, 3.05) is 16.7 Å². The van der Waals surface area contributed by atoms with Crippen molar-refractivity contribution in [1.29, 1.82) is 0 Å². The molecule has 2 aromatic carbocycles. The Morgan fingerprint density at radius 2 is 1.63 bits per heavy atom. The molecule has 0 fully saturated rings. The summed E-state index contributed by atoms with van der Waals surface area (Å²) < 4.78 is 26.8. The minimum Gasteiger partial charge on any atom is -0.364 e. The first-order chi connectivity index (χ1) is 14.1. The maximum Gasteiger partial charge on any atom is 0.271 e. The van der Waals surface area contributed by atoms with Gasteiger partial charge in [0, 0.05) is 12.6 Å². The van der Waals surface area contributed by atoms with Crippen molar-refractivity contribution in [2.24, 2.45) is 5.73 Å². The normalized spacial score (nSPS) is 11.2. The van der Waals surface area contributed by atoms with Crippen molar-refractivity contribution in [1.82, 2.24) is 10.2 Å². The molecule has 0 aliphatic rings. The number of anilines is 2. The molecule has 30 heavy (non-hydrogen) atoms. The number of rotatable bonds is 6. The minimum atomic E-state index is -3.73. The fourth-order valence-corrected chi connectivity index (χ4v) is 3.97. The zero-order valence-corrected chi connectivity index (χ0v) is 17.4. The van der Waals surface area contributed by atoms with Gasteiger partial charge in [0.2, 0.25) is 0 Å². The van der Waals surface area contributed by atoms with E-state index in [4.69, 9.17) is 5.73 Å². The molecule has 10 heteroatoms. The summed E-state index contributed by atoms with van der Waals surface area (Å²) in [6.07, 6.45) is 0. The van der Waals surface area contributed by atoms with Gasteiger partial charge in [-0.2, -0.15) is 5.10 Å². The van der Waals surface area contributed by atoms with E-state index in [0.717, 1.165) is 9.87 Å². The Morgan fingerprint density at radius 1 is 1.03 bits per heavy atom. The summed E-state index contributed by atoms with van der Waals surface area (Å²) in [5.74, 6) is -1.26. The van der Waals surface area contributed by atoms with Gasteiger partial charge < -0.3 is 11.1 Å². The van der Waals surface area contributed by atoms with Gasteiger partial charge in [-0.1, -0.05) is 17.7 Å². The number of carbonyl (C=O) groups excluding carboxylic acids is 2. The zero-order chi connectivity index (χ0) is 22.1. The van der Waals surface area contributed by atoms with Crippen LogP contribution in [0.3, 0.4) is 0 Å². The van der Waals surface area contributed by atoms with Crippen LogP contribution in [0.2, 0.25) is 0 Å². The highest BCUT2D eigenvalue weighted by Crippen LogP contribution is 2.23. The van der Waals surface area contributed by atoms with Crippen molar-refractivity contribution in [2.45, 2.75) is 18.7 Å². The van der Waals surface area contributed by atoms with Crippen LogP contribution in [0.15, 0.2) is 53.4 Å². The monoisotopic (exact) mass is 427 g/mol. The average Bonchev–Trinajstić information content (AvgIpc) is 3.08. The molecule has 0 aliphatic carbocycles. The predicted octanol–water partition coefficient (Wildman–Crippen LogP) is 2.20. The molecule has 156 valence electrons. The number of sulfonamides is 1. The molecule has 3 aromatic rings. The van der Waals surface area contributed by atoms with Crippen LogP contribution in [0.5, 0.6) is 0 Å². The number of hydrogen-bond acceptors (Lipinski definition) is 5. The van der Waals surface area contributed by atoms with E-state index < -0.39 is 21.8 Å². The van der Waals surface area contributed by atoms with Crippen LogP contribution >= 0.6 is 0 Å². The van der Waals surface area contributed by atoms with Gasteiger partial charge in [-0.25, -0.2) is 8.42 Å². The predicted molar refractivity (Wildman–Crippen MR) is 113 cm³/mol. The van der Waals surface area contributed by atoms with Crippen LogP contribution in [0.4, 0.5) is 11.4 Å². The molecule has 0 unspecified atom stereocenters. The van der Waals surface area contributed by atoms with E-state index in [9.17, 15) is 18.0 Å². The number of nitrogens with zero attached hydrogens (tertiary/aromatic N) is 2.